The maximum Gasteiger partial charge on any atom is 0.321 e. The summed E-state index contributed by atoms with van der Waals surface area (Å²) < 4.78 is 31.3. The molecule has 0 aliphatic rings. The highest BCUT2D eigenvalue weighted by atomic mass is 32.2. The summed E-state index contributed by atoms with van der Waals surface area (Å²) in [6, 6.07) is 4.04. The standard InChI is InChI=1S/C16H22N2O7S2/c1-25-15(20)8-7-14(19)17-11-3-5-12(6-4-11)27(23,24)18-13(16(21)22)9-10-26-2/h3-6,13,18H,7-10H2,1-2H3,(H,17,19)(H,21,22)/t13-/m1/s1. The number of thioether (sulfide) groups is 1. The van der Waals surface area contributed by atoms with E-state index in [0.717, 1.165) is 0 Å². The molecule has 0 unspecified atom stereocenters. The summed E-state index contributed by atoms with van der Waals surface area (Å²) in [5.74, 6) is -1.68. The van der Waals surface area contributed by atoms with Gasteiger partial charge in [-0.1, -0.05) is 0 Å². The molecule has 0 aliphatic carbocycles. The minimum absolute atomic E-state index is 0.0641. The van der Waals surface area contributed by atoms with Gasteiger partial charge in [0.15, 0.2) is 0 Å². The van der Waals surface area contributed by atoms with Crippen LogP contribution in [0.5, 0.6) is 0 Å². The first-order chi connectivity index (χ1) is 12.7. The van der Waals surface area contributed by atoms with Crippen LogP contribution in [0.15, 0.2) is 29.2 Å². The first kappa shape index (κ1) is 22.9. The largest absolute Gasteiger partial charge is 0.480 e. The lowest BCUT2D eigenvalue weighted by atomic mass is 10.2. The van der Waals surface area contributed by atoms with E-state index in [1.54, 1.807) is 6.26 Å². The minimum Gasteiger partial charge on any atom is -0.480 e. The number of carbonyl (C=O) groups excluding carboxylic acids is 2. The van der Waals surface area contributed by atoms with Crippen LogP contribution in [0.1, 0.15) is 19.3 Å². The number of esters is 1. The molecule has 11 heteroatoms. The fourth-order valence-electron chi connectivity index (χ4n) is 1.98. The molecule has 0 radical (unpaired) electrons. The number of amides is 1. The minimum atomic E-state index is -4.02. The van der Waals surface area contributed by atoms with E-state index in [4.69, 9.17) is 5.11 Å². The number of carbonyl (C=O) groups is 3. The van der Waals surface area contributed by atoms with Crippen molar-refractivity contribution < 1.29 is 32.6 Å². The van der Waals surface area contributed by atoms with Crippen LogP contribution in [-0.2, 0) is 29.1 Å². The molecule has 9 nitrogen and oxygen atoms in total. The monoisotopic (exact) mass is 418 g/mol. The summed E-state index contributed by atoms with van der Waals surface area (Å²) in [6.07, 6.45) is 1.82. The molecule has 27 heavy (non-hydrogen) atoms. The van der Waals surface area contributed by atoms with E-state index in [-0.39, 0.29) is 24.2 Å². The van der Waals surface area contributed by atoms with Crippen molar-refractivity contribution in [2.75, 3.05) is 24.4 Å². The van der Waals surface area contributed by atoms with E-state index in [2.05, 4.69) is 14.8 Å². The molecule has 0 aromatic heterocycles. The zero-order valence-corrected chi connectivity index (χ0v) is 16.6. The number of anilines is 1. The topological polar surface area (TPSA) is 139 Å². The quantitative estimate of drug-likeness (QED) is 0.454. The lowest BCUT2D eigenvalue weighted by molar-refractivity contribution is -0.141. The molecule has 1 amide bonds. The second kappa shape index (κ2) is 10.9. The van der Waals surface area contributed by atoms with E-state index < -0.39 is 33.9 Å². The van der Waals surface area contributed by atoms with Crippen LogP contribution in [0.4, 0.5) is 5.69 Å². The number of hydrogen-bond acceptors (Lipinski definition) is 7. The maximum atomic E-state index is 12.3. The molecule has 0 fully saturated rings. The molecule has 0 saturated carbocycles. The second-order valence-corrected chi connectivity index (χ2v) is 8.14. The van der Waals surface area contributed by atoms with E-state index in [9.17, 15) is 22.8 Å². The number of sulfonamides is 1. The fourth-order valence-corrected chi connectivity index (χ4v) is 3.68. The highest BCUT2D eigenvalue weighted by molar-refractivity contribution is 7.98. The predicted octanol–water partition coefficient (Wildman–Crippen LogP) is 1.06. The average molecular weight is 418 g/mol. The lowest BCUT2D eigenvalue weighted by Crippen LogP contribution is -2.41. The van der Waals surface area contributed by atoms with E-state index in [1.807, 2.05) is 0 Å². The average Bonchev–Trinajstić information content (AvgIpc) is 2.63. The zero-order valence-electron chi connectivity index (χ0n) is 14.9. The van der Waals surface area contributed by atoms with Gasteiger partial charge in [0.1, 0.15) is 6.04 Å². The van der Waals surface area contributed by atoms with Crippen molar-refractivity contribution in [2.24, 2.45) is 0 Å². The number of carboxylic acid groups (broad SMARTS) is 1. The van der Waals surface area contributed by atoms with Crippen LogP contribution in [0.2, 0.25) is 0 Å². The summed E-state index contributed by atoms with van der Waals surface area (Å²) in [7, 11) is -2.79. The molecule has 0 bridgehead atoms. The molecular weight excluding hydrogens is 396 g/mol. The third-order valence-corrected chi connectivity index (χ3v) is 5.57. The number of ether oxygens (including phenoxy) is 1. The Morgan fingerprint density at radius 3 is 2.33 bits per heavy atom. The van der Waals surface area contributed by atoms with Crippen molar-refractivity contribution in [1.82, 2.24) is 4.72 Å². The van der Waals surface area contributed by atoms with Gasteiger partial charge in [-0.05, 0) is 42.7 Å². The summed E-state index contributed by atoms with van der Waals surface area (Å²) in [4.78, 5) is 33.8. The normalized spacial score (nSPS) is 12.2. The van der Waals surface area contributed by atoms with Gasteiger partial charge in [0.05, 0.1) is 18.4 Å². The number of benzene rings is 1. The Morgan fingerprint density at radius 1 is 1.19 bits per heavy atom. The molecule has 1 rings (SSSR count). The van der Waals surface area contributed by atoms with Crippen molar-refractivity contribution in [3.63, 3.8) is 0 Å². The molecular formula is C16H22N2O7S2. The van der Waals surface area contributed by atoms with Crippen molar-refractivity contribution in [2.45, 2.75) is 30.2 Å². The number of carboxylic acids is 1. The first-order valence-corrected chi connectivity index (χ1v) is 10.8. The maximum absolute atomic E-state index is 12.3. The van der Waals surface area contributed by atoms with Crippen molar-refractivity contribution in [1.29, 1.82) is 0 Å². The smallest absolute Gasteiger partial charge is 0.321 e. The number of nitrogens with one attached hydrogen (secondary N) is 2. The van der Waals surface area contributed by atoms with Crippen molar-refractivity contribution in [3.05, 3.63) is 24.3 Å². The first-order valence-electron chi connectivity index (χ1n) is 7.90. The molecule has 0 spiro atoms. The van der Waals surface area contributed by atoms with E-state index >= 15 is 0 Å². The molecule has 150 valence electrons. The van der Waals surface area contributed by atoms with Crippen molar-refractivity contribution >= 4 is 45.3 Å². The van der Waals surface area contributed by atoms with Gasteiger partial charge in [-0.15, -0.1) is 0 Å². The summed E-state index contributed by atoms with van der Waals surface area (Å²) in [5, 5.41) is 11.7. The molecule has 0 heterocycles. The van der Waals surface area contributed by atoms with Crippen LogP contribution in [0, 0.1) is 0 Å². The number of rotatable bonds is 11. The summed E-state index contributed by atoms with van der Waals surface area (Å²) >= 11 is 1.42. The van der Waals surface area contributed by atoms with Crippen molar-refractivity contribution in [3.8, 4) is 0 Å². The Morgan fingerprint density at radius 2 is 1.81 bits per heavy atom. The molecule has 1 aromatic rings. The number of hydrogen-bond donors (Lipinski definition) is 3. The fraction of sp³-hybridized carbons (Fsp3) is 0.438. The Hall–Kier alpha value is -2.11. The van der Waals surface area contributed by atoms with E-state index in [0.29, 0.717) is 11.4 Å². The highest BCUT2D eigenvalue weighted by Gasteiger charge is 2.25. The Balaban J connectivity index is 2.74. The predicted molar refractivity (Wildman–Crippen MR) is 101 cm³/mol. The molecule has 0 saturated heterocycles. The van der Waals surface area contributed by atoms with Gasteiger partial charge in [-0.25, -0.2) is 8.42 Å². The van der Waals surface area contributed by atoms with E-state index in [1.165, 1.54) is 43.1 Å². The second-order valence-electron chi connectivity index (χ2n) is 5.44. The van der Waals surface area contributed by atoms with Gasteiger partial charge in [-0.2, -0.15) is 16.5 Å². The lowest BCUT2D eigenvalue weighted by Gasteiger charge is -2.14. The van der Waals surface area contributed by atoms with Crippen LogP contribution < -0.4 is 10.0 Å². The molecule has 1 aromatic carbocycles. The van der Waals surface area contributed by atoms with Gasteiger partial charge in [0.2, 0.25) is 15.9 Å². The van der Waals surface area contributed by atoms with Gasteiger partial charge < -0.3 is 15.2 Å². The van der Waals surface area contributed by atoms with Crippen LogP contribution >= 0.6 is 11.8 Å². The summed E-state index contributed by atoms with van der Waals surface area (Å²) in [6.45, 7) is 0. The third-order valence-electron chi connectivity index (χ3n) is 3.44. The molecule has 0 aliphatic heterocycles. The number of aliphatic carboxylic acids is 1. The van der Waals surface area contributed by atoms with Gasteiger partial charge in [-0.3, -0.25) is 14.4 Å². The van der Waals surface area contributed by atoms with Gasteiger partial charge in [0.25, 0.3) is 0 Å². The zero-order chi connectivity index (χ0) is 20.4. The van der Waals surface area contributed by atoms with Crippen LogP contribution in [0.3, 0.4) is 0 Å². The third kappa shape index (κ3) is 7.97. The highest BCUT2D eigenvalue weighted by Crippen LogP contribution is 2.16. The Kier molecular flexibility index (Phi) is 9.26. The Labute approximate surface area is 161 Å². The van der Waals surface area contributed by atoms with Crippen LogP contribution in [0.25, 0.3) is 0 Å². The molecule has 1 atom stereocenters. The summed E-state index contributed by atoms with van der Waals surface area (Å²) in [5.41, 5.74) is 0.348. The Bertz CT molecular complexity index is 763. The SMILES string of the molecule is COC(=O)CCC(=O)Nc1ccc(S(=O)(=O)N[C@H](CCSC)C(=O)O)cc1. The number of methoxy groups -OCH3 is 1. The molecule has 3 N–H and O–H groups in total. The van der Waals surface area contributed by atoms with Gasteiger partial charge in [0, 0.05) is 12.1 Å². The van der Waals surface area contributed by atoms with Gasteiger partial charge >= 0.3 is 11.9 Å². The van der Waals surface area contributed by atoms with Crippen LogP contribution in [-0.4, -0.2) is 56.5 Å².